The molecule has 2 aromatic rings. The van der Waals surface area contributed by atoms with E-state index < -0.39 is 0 Å². The second-order valence-electron chi connectivity index (χ2n) is 5.12. The van der Waals surface area contributed by atoms with Gasteiger partial charge in [-0.25, -0.2) is 4.98 Å². The number of rotatable bonds is 5. The molecule has 2 heterocycles. The lowest BCUT2D eigenvalue weighted by Crippen LogP contribution is -2.19. The molecule has 1 saturated heterocycles. The van der Waals surface area contributed by atoms with Gasteiger partial charge in [-0.3, -0.25) is 0 Å². The van der Waals surface area contributed by atoms with E-state index in [1.807, 2.05) is 24.3 Å². The summed E-state index contributed by atoms with van der Waals surface area (Å²) in [5.74, 6) is 2.96. The summed E-state index contributed by atoms with van der Waals surface area (Å²) in [5, 5.41) is 3.21. The Bertz CT molecular complexity index is 642. The molecule has 0 radical (unpaired) electrons. The molecule has 0 unspecified atom stereocenters. The maximum Gasteiger partial charge on any atom is 0.229 e. The lowest BCUT2D eigenvalue weighted by atomic mass is 10.2. The van der Waals surface area contributed by atoms with Crippen molar-refractivity contribution in [2.45, 2.75) is 12.8 Å². The Hall–Kier alpha value is -2.50. The molecule has 0 atom stereocenters. The second-order valence-corrected chi connectivity index (χ2v) is 5.12. The van der Waals surface area contributed by atoms with E-state index in [-0.39, 0.29) is 0 Å². The van der Waals surface area contributed by atoms with Crippen LogP contribution in [0.2, 0.25) is 0 Å². The number of hydrogen-bond acceptors (Lipinski definition) is 6. The van der Waals surface area contributed by atoms with Crippen molar-refractivity contribution in [2.24, 2.45) is 0 Å². The molecule has 1 aromatic heterocycles. The minimum Gasteiger partial charge on any atom is -0.497 e. The van der Waals surface area contributed by atoms with E-state index in [1.54, 1.807) is 20.4 Å². The van der Waals surface area contributed by atoms with Crippen molar-refractivity contribution < 1.29 is 9.47 Å². The van der Waals surface area contributed by atoms with E-state index in [4.69, 9.17) is 9.47 Å². The minimum absolute atomic E-state index is 0.563. The van der Waals surface area contributed by atoms with Crippen LogP contribution in [0, 0.1) is 0 Å². The van der Waals surface area contributed by atoms with Gasteiger partial charge in [-0.05, 0) is 31.0 Å². The SMILES string of the molecule is COc1ccc(Nc2nccc(N3CCCC3)n2)c(OC)c1. The Morgan fingerprint density at radius 2 is 1.91 bits per heavy atom. The molecule has 0 amide bonds. The summed E-state index contributed by atoms with van der Waals surface area (Å²) in [6.45, 7) is 2.12. The predicted molar refractivity (Wildman–Crippen MR) is 86.3 cm³/mol. The standard InChI is InChI=1S/C16H20N4O2/c1-21-12-5-6-13(14(11-12)22-2)18-16-17-8-7-15(19-16)20-9-3-4-10-20/h5-8,11H,3-4,9-10H2,1-2H3,(H,17,18,19). The molecular weight excluding hydrogens is 280 g/mol. The number of ether oxygens (including phenoxy) is 2. The van der Waals surface area contributed by atoms with Crippen molar-refractivity contribution in [1.82, 2.24) is 9.97 Å². The lowest BCUT2D eigenvalue weighted by Gasteiger charge is -2.17. The van der Waals surface area contributed by atoms with Crippen LogP contribution in [-0.4, -0.2) is 37.3 Å². The highest BCUT2D eigenvalue weighted by Gasteiger charge is 2.14. The number of anilines is 3. The summed E-state index contributed by atoms with van der Waals surface area (Å²) in [6.07, 6.45) is 4.22. The predicted octanol–water partition coefficient (Wildman–Crippen LogP) is 2.84. The van der Waals surface area contributed by atoms with Crippen molar-refractivity contribution in [3.8, 4) is 11.5 Å². The first-order valence-electron chi connectivity index (χ1n) is 7.37. The summed E-state index contributed by atoms with van der Waals surface area (Å²) in [7, 11) is 3.26. The molecule has 0 aliphatic carbocycles. The number of methoxy groups -OCH3 is 2. The van der Waals surface area contributed by atoms with Gasteiger partial charge >= 0.3 is 0 Å². The van der Waals surface area contributed by atoms with Crippen molar-refractivity contribution >= 4 is 17.5 Å². The van der Waals surface area contributed by atoms with Gasteiger partial charge in [-0.15, -0.1) is 0 Å². The molecule has 0 saturated carbocycles. The van der Waals surface area contributed by atoms with Crippen molar-refractivity contribution in [1.29, 1.82) is 0 Å². The van der Waals surface area contributed by atoms with E-state index in [9.17, 15) is 0 Å². The smallest absolute Gasteiger partial charge is 0.229 e. The molecule has 6 heteroatoms. The summed E-state index contributed by atoms with van der Waals surface area (Å²) in [4.78, 5) is 11.1. The zero-order valence-electron chi connectivity index (χ0n) is 12.9. The Morgan fingerprint density at radius 1 is 1.09 bits per heavy atom. The van der Waals surface area contributed by atoms with Crippen molar-refractivity contribution in [3.63, 3.8) is 0 Å². The molecule has 1 aliphatic rings. The van der Waals surface area contributed by atoms with Gasteiger partial charge in [0, 0.05) is 25.4 Å². The van der Waals surface area contributed by atoms with Gasteiger partial charge in [-0.2, -0.15) is 4.98 Å². The Labute approximate surface area is 130 Å². The van der Waals surface area contributed by atoms with Gasteiger partial charge < -0.3 is 19.7 Å². The van der Waals surface area contributed by atoms with Crippen LogP contribution in [0.4, 0.5) is 17.5 Å². The fraction of sp³-hybridized carbons (Fsp3) is 0.375. The van der Waals surface area contributed by atoms with E-state index in [0.717, 1.165) is 30.3 Å². The second kappa shape index (κ2) is 6.51. The van der Waals surface area contributed by atoms with Gasteiger partial charge in [0.15, 0.2) is 0 Å². The number of aromatic nitrogens is 2. The van der Waals surface area contributed by atoms with Crippen LogP contribution < -0.4 is 19.7 Å². The molecule has 1 aliphatic heterocycles. The average Bonchev–Trinajstić information content (AvgIpc) is 3.10. The van der Waals surface area contributed by atoms with Crippen LogP contribution in [0.25, 0.3) is 0 Å². The minimum atomic E-state index is 0.563. The first kappa shape index (κ1) is 14.4. The number of nitrogens with zero attached hydrogens (tertiary/aromatic N) is 3. The first-order chi connectivity index (χ1) is 10.8. The fourth-order valence-electron chi connectivity index (χ4n) is 2.55. The zero-order chi connectivity index (χ0) is 15.4. The summed E-state index contributed by atoms with van der Waals surface area (Å²) in [5.41, 5.74) is 0.807. The van der Waals surface area contributed by atoms with Gasteiger partial charge in [0.2, 0.25) is 5.95 Å². The third-order valence-corrected chi connectivity index (χ3v) is 3.73. The summed E-state index contributed by atoms with van der Waals surface area (Å²) >= 11 is 0. The highest BCUT2D eigenvalue weighted by molar-refractivity contribution is 5.65. The lowest BCUT2D eigenvalue weighted by molar-refractivity contribution is 0.395. The third kappa shape index (κ3) is 3.05. The molecule has 1 N–H and O–H groups in total. The fourth-order valence-corrected chi connectivity index (χ4v) is 2.55. The molecule has 0 spiro atoms. The molecule has 3 rings (SSSR count). The number of nitrogens with one attached hydrogen (secondary N) is 1. The average molecular weight is 300 g/mol. The van der Waals surface area contributed by atoms with Crippen LogP contribution in [0.15, 0.2) is 30.5 Å². The summed E-state index contributed by atoms with van der Waals surface area (Å²) in [6, 6.07) is 7.53. The normalized spacial score (nSPS) is 14.0. The van der Waals surface area contributed by atoms with Crippen LogP contribution in [0.5, 0.6) is 11.5 Å². The molecule has 0 bridgehead atoms. The molecular formula is C16H20N4O2. The highest BCUT2D eigenvalue weighted by Crippen LogP contribution is 2.31. The van der Waals surface area contributed by atoms with Crippen LogP contribution in [-0.2, 0) is 0 Å². The van der Waals surface area contributed by atoms with Crippen LogP contribution in [0.1, 0.15) is 12.8 Å². The van der Waals surface area contributed by atoms with Crippen LogP contribution in [0.3, 0.4) is 0 Å². The van der Waals surface area contributed by atoms with Gasteiger partial charge in [0.25, 0.3) is 0 Å². The Kier molecular flexibility index (Phi) is 4.27. The molecule has 116 valence electrons. The Morgan fingerprint density at radius 3 is 2.64 bits per heavy atom. The van der Waals surface area contributed by atoms with Crippen molar-refractivity contribution in [3.05, 3.63) is 30.5 Å². The highest BCUT2D eigenvalue weighted by atomic mass is 16.5. The molecule has 1 aromatic carbocycles. The maximum absolute atomic E-state index is 5.38. The van der Waals surface area contributed by atoms with Crippen molar-refractivity contribution in [2.75, 3.05) is 37.5 Å². The van der Waals surface area contributed by atoms with Gasteiger partial charge in [0.1, 0.15) is 17.3 Å². The summed E-state index contributed by atoms with van der Waals surface area (Å²) < 4.78 is 10.6. The van der Waals surface area contributed by atoms with Crippen LogP contribution >= 0.6 is 0 Å². The third-order valence-electron chi connectivity index (χ3n) is 3.73. The number of hydrogen-bond donors (Lipinski definition) is 1. The van der Waals surface area contributed by atoms with E-state index >= 15 is 0 Å². The van der Waals surface area contributed by atoms with E-state index in [1.165, 1.54) is 12.8 Å². The quantitative estimate of drug-likeness (QED) is 0.916. The molecule has 6 nitrogen and oxygen atoms in total. The maximum atomic E-state index is 5.38. The van der Waals surface area contributed by atoms with E-state index in [2.05, 4.69) is 20.2 Å². The van der Waals surface area contributed by atoms with Gasteiger partial charge in [-0.1, -0.05) is 0 Å². The molecule has 22 heavy (non-hydrogen) atoms. The topological polar surface area (TPSA) is 59.5 Å². The Balaban J connectivity index is 1.82. The van der Waals surface area contributed by atoms with E-state index in [0.29, 0.717) is 11.7 Å². The zero-order valence-corrected chi connectivity index (χ0v) is 12.9. The van der Waals surface area contributed by atoms with Gasteiger partial charge in [0.05, 0.1) is 19.9 Å². The molecule has 1 fully saturated rings. The first-order valence-corrected chi connectivity index (χ1v) is 7.37. The number of benzene rings is 1. The largest absolute Gasteiger partial charge is 0.497 e. The monoisotopic (exact) mass is 300 g/mol.